The first-order valence-corrected chi connectivity index (χ1v) is 15.1. The van der Waals surface area contributed by atoms with E-state index in [-0.39, 0.29) is 0 Å². The first kappa shape index (κ1) is 34.4. The van der Waals surface area contributed by atoms with Gasteiger partial charge in [0.15, 0.2) is 12.6 Å². The van der Waals surface area contributed by atoms with E-state index in [4.69, 9.17) is 18.9 Å². The summed E-state index contributed by atoms with van der Waals surface area (Å²) in [6, 6.07) is 7.90. The fourth-order valence-corrected chi connectivity index (χ4v) is 4.24. The zero-order chi connectivity index (χ0) is 28.0. The van der Waals surface area contributed by atoms with Gasteiger partial charge in [0.05, 0.1) is 26.4 Å². The smallest absolute Gasteiger partial charge is 0.229 e. The van der Waals surface area contributed by atoms with Gasteiger partial charge in [0, 0.05) is 12.8 Å². The van der Waals surface area contributed by atoms with E-state index in [1.807, 2.05) is 24.3 Å². The molecule has 0 bridgehead atoms. The number of hydrogen-bond donors (Lipinski definition) is 0. The Morgan fingerprint density at radius 3 is 0.974 bits per heavy atom. The molecule has 0 heterocycles. The lowest BCUT2D eigenvalue weighted by molar-refractivity contribution is -0.219. The lowest BCUT2D eigenvalue weighted by Crippen LogP contribution is -2.41. The summed E-state index contributed by atoms with van der Waals surface area (Å²) in [6.07, 6.45) is 14.5. The van der Waals surface area contributed by atoms with Crippen LogP contribution < -0.4 is 0 Å². The SMILES string of the molecule is CCCCCOC(C=O)(Cc1ccc(CC(C=O)(OCCCCC)OCCCCC)cc1)OCCCCC. The third-order valence-electron chi connectivity index (χ3n) is 6.66. The van der Waals surface area contributed by atoms with Gasteiger partial charge < -0.3 is 18.9 Å². The minimum absolute atomic E-state index is 0.342. The highest BCUT2D eigenvalue weighted by Crippen LogP contribution is 2.23. The van der Waals surface area contributed by atoms with Gasteiger partial charge in [-0.05, 0) is 36.8 Å². The van der Waals surface area contributed by atoms with Crippen LogP contribution >= 0.6 is 0 Å². The van der Waals surface area contributed by atoms with Crippen molar-refractivity contribution in [3.8, 4) is 0 Å². The van der Waals surface area contributed by atoms with Crippen molar-refractivity contribution in [2.24, 2.45) is 0 Å². The maximum Gasteiger partial charge on any atom is 0.229 e. The van der Waals surface area contributed by atoms with E-state index in [0.717, 1.165) is 101 Å². The van der Waals surface area contributed by atoms with Crippen LogP contribution in [-0.2, 0) is 41.4 Å². The molecule has 0 saturated heterocycles. The van der Waals surface area contributed by atoms with Crippen LogP contribution in [0.25, 0.3) is 0 Å². The van der Waals surface area contributed by atoms with Gasteiger partial charge in [0.25, 0.3) is 0 Å². The second-order valence-electron chi connectivity index (χ2n) is 10.3. The molecule has 1 rings (SSSR count). The molecule has 0 amide bonds. The second kappa shape index (κ2) is 21.2. The molecule has 1 aromatic carbocycles. The third kappa shape index (κ3) is 14.0. The Labute approximate surface area is 232 Å². The van der Waals surface area contributed by atoms with Crippen molar-refractivity contribution >= 4 is 12.6 Å². The summed E-state index contributed by atoms with van der Waals surface area (Å²) in [5.41, 5.74) is 1.88. The van der Waals surface area contributed by atoms with E-state index >= 15 is 0 Å². The van der Waals surface area contributed by atoms with Crippen molar-refractivity contribution < 1.29 is 28.5 Å². The Hall–Kier alpha value is -1.60. The topological polar surface area (TPSA) is 71.1 Å². The molecule has 0 saturated carbocycles. The molecule has 6 nitrogen and oxygen atoms in total. The van der Waals surface area contributed by atoms with Crippen molar-refractivity contribution in [3.63, 3.8) is 0 Å². The Bertz CT molecular complexity index is 632. The average Bonchev–Trinajstić information content (AvgIpc) is 2.94. The molecule has 6 heteroatoms. The molecule has 0 aliphatic carbocycles. The Morgan fingerprint density at radius 1 is 0.500 bits per heavy atom. The number of ether oxygens (including phenoxy) is 4. The predicted molar refractivity (Wildman–Crippen MR) is 153 cm³/mol. The number of carbonyl (C=O) groups is 2. The first-order chi connectivity index (χ1) is 18.5. The van der Waals surface area contributed by atoms with Gasteiger partial charge in [-0.25, -0.2) is 0 Å². The molecule has 0 aliphatic heterocycles. The Morgan fingerprint density at radius 2 is 0.763 bits per heavy atom. The molecule has 0 spiro atoms. The summed E-state index contributed by atoms with van der Waals surface area (Å²) in [5, 5.41) is 0. The van der Waals surface area contributed by atoms with Crippen molar-refractivity contribution in [2.75, 3.05) is 26.4 Å². The van der Waals surface area contributed by atoms with E-state index in [0.29, 0.717) is 39.3 Å². The number of unbranched alkanes of at least 4 members (excludes halogenated alkanes) is 8. The summed E-state index contributed by atoms with van der Waals surface area (Å²) in [7, 11) is 0. The van der Waals surface area contributed by atoms with E-state index < -0.39 is 11.6 Å². The third-order valence-corrected chi connectivity index (χ3v) is 6.66. The Kier molecular flexibility index (Phi) is 19.3. The highest BCUT2D eigenvalue weighted by molar-refractivity contribution is 5.62. The number of aldehydes is 2. The molecule has 0 radical (unpaired) electrons. The zero-order valence-corrected chi connectivity index (χ0v) is 24.6. The van der Waals surface area contributed by atoms with Gasteiger partial charge in [0.1, 0.15) is 0 Å². The fraction of sp³-hybridized carbons (Fsp3) is 0.750. The van der Waals surface area contributed by atoms with Crippen LogP contribution in [-0.4, -0.2) is 50.6 Å². The summed E-state index contributed by atoms with van der Waals surface area (Å²) in [6.45, 7) is 10.5. The van der Waals surface area contributed by atoms with E-state index in [1.54, 1.807) is 0 Å². The number of rotatable bonds is 26. The first-order valence-electron chi connectivity index (χ1n) is 15.1. The molecule has 1 aromatic rings. The number of benzene rings is 1. The fourth-order valence-electron chi connectivity index (χ4n) is 4.24. The molecule has 0 atom stereocenters. The molecular weight excluding hydrogens is 480 g/mol. The molecule has 0 aliphatic rings. The van der Waals surface area contributed by atoms with E-state index in [9.17, 15) is 9.59 Å². The van der Waals surface area contributed by atoms with Crippen LogP contribution in [0.5, 0.6) is 0 Å². The number of carbonyl (C=O) groups excluding carboxylic acids is 2. The van der Waals surface area contributed by atoms with Gasteiger partial charge in [-0.1, -0.05) is 103 Å². The minimum atomic E-state index is -1.28. The van der Waals surface area contributed by atoms with Gasteiger partial charge in [-0.15, -0.1) is 0 Å². The van der Waals surface area contributed by atoms with E-state index in [2.05, 4.69) is 27.7 Å². The van der Waals surface area contributed by atoms with Gasteiger partial charge in [0.2, 0.25) is 11.6 Å². The average molecular weight is 535 g/mol. The highest BCUT2D eigenvalue weighted by atomic mass is 16.7. The van der Waals surface area contributed by atoms with Crippen LogP contribution in [0.4, 0.5) is 0 Å². The van der Waals surface area contributed by atoms with E-state index in [1.165, 1.54) is 0 Å². The Balaban J connectivity index is 2.95. The molecule has 38 heavy (non-hydrogen) atoms. The molecular formula is C32H54O6. The molecule has 0 aromatic heterocycles. The maximum atomic E-state index is 12.2. The molecule has 0 unspecified atom stereocenters. The monoisotopic (exact) mass is 534 g/mol. The summed E-state index contributed by atoms with van der Waals surface area (Å²) in [5.74, 6) is -2.55. The lowest BCUT2D eigenvalue weighted by Gasteiger charge is -2.30. The van der Waals surface area contributed by atoms with Crippen molar-refractivity contribution in [1.29, 1.82) is 0 Å². The summed E-state index contributed by atoms with van der Waals surface area (Å²) >= 11 is 0. The van der Waals surface area contributed by atoms with Crippen LogP contribution in [0, 0.1) is 0 Å². The van der Waals surface area contributed by atoms with Crippen molar-refractivity contribution in [1.82, 2.24) is 0 Å². The standard InChI is InChI=1S/C32H54O6/c1-5-9-13-21-35-31(27-33,36-22-14-10-6-2)25-29-17-19-30(20-18-29)26-32(28-34,37-23-15-11-7-3)38-24-16-12-8-4/h17-20,27-28H,5-16,21-26H2,1-4H3. The van der Waals surface area contributed by atoms with Gasteiger partial charge in [-0.3, -0.25) is 9.59 Å². The lowest BCUT2D eigenvalue weighted by atomic mass is 10.00. The minimum Gasteiger partial charge on any atom is -0.344 e. The second-order valence-corrected chi connectivity index (χ2v) is 10.3. The molecule has 218 valence electrons. The van der Waals surface area contributed by atoms with Crippen molar-refractivity contribution in [2.45, 2.75) is 129 Å². The molecule has 0 N–H and O–H groups in total. The summed E-state index contributed by atoms with van der Waals surface area (Å²) < 4.78 is 24.2. The van der Waals surface area contributed by atoms with Gasteiger partial charge >= 0.3 is 0 Å². The molecule has 0 fully saturated rings. The predicted octanol–water partition coefficient (Wildman–Crippen LogP) is 7.39. The van der Waals surface area contributed by atoms with Crippen LogP contribution in [0.3, 0.4) is 0 Å². The zero-order valence-electron chi connectivity index (χ0n) is 24.6. The quantitative estimate of drug-likeness (QED) is 0.0701. The van der Waals surface area contributed by atoms with Crippen LogP contribution in [0.2, 0.25) is 0 Å². The van der Waals surface area contributed by atoms with Crippen LogP contribution in [0.15, 0.2) is 24.3 Å². The highest BCUT2D eigenvalue weighted by Gasteiger charge is 2.34. The summed E-state index contributed by atoms with van der Waals surface area (Å²) in [4.78, 5) is 24.4. The normalized spacial score (nSPS) is 12.1. The number of hydrogen-bond acceptors (Lipinski definition) is 6. The van der Waals surface area contributed by atoms with Crippen molar-refractivity contribution in [3.05, 3.63) is 35.4 Å². The van der Waals surface area contributed by atoms with Crippen LogP contribution in [0.1, 0.15) is 116 Å². The maximum absolute atomic E-state index is 12.2. The van der Waals surface area contributed by atoms with Gasteiger partial charge in [-0.2, -0.15) is 0 Å². The largest absolute Gasteiger partial charge is 0.344 e.